The van der Waals surface area contributed by atoms with Gasteiger partial charge in [0.1, 0.15) is 11.7 Å². The Balaban J connectivity index is 1.13. The molecule has 4 aromatic rings. The second-order valence-electron chi connectivity index (χ2n) is 10.6. The summed E-state index contributed by atoms with van der Waals surface area (Å²) in [6.07, 6.45) is 5.47. The number of fused-ring (bicyclic) bond motifs is 1. The molecule has 2 aromatic heterocycles. The average molecular weight is 539 g/mol. The quantitative estimate of drug-likeness (QED) is 0.181. The van der Waals surface area contributed by atoms with Gasteiger partial charge in [0, 0.05) is 56.6 Å². The van der Waals surface area contributed by atoms with Crippen molar-refractivity contribution in [3.05, 3.63) is 89.5 Å². The van der Waals surface area contributed by atoms with Crippen molar-refractivity contribution in [3.63, 3.8) is 0 Å². The third-order valence-corrected chi connectivity index (χ3v) is 7.90. The number of nitrogens with one attached hydrogen (secondary N) is 3. The Hall–Kier alpha value is -4.08. The SMILES string of the molecule is CC(C(=O)Nc1ccc2c(c1)nc(CCc1ccc(C(=N)N)cc1)n2C)N1CCC(NCc2ccccn2)CC1. The predicted octanol–water partition coefficient (Wildman–Crippen LogP) is 3.62. The number of amidine groups is 1. The van der Waals surface area contributed by atoms with E-state index < -0.39 is 0 Å². The van der Waals surface area contributed by atoms with Crippen LogP contribution in [-0.4, -0.2) is 56.4 Å². The number of likely N-dealkylation sites (tertiary alicyclic amines) is 1. The van der Waals surface area contributed by atoms with Gasteiger partial charge in [-0.25, -0.2) is 4.98 Å². The summed E-state index contributed by atoms with van der Waals surface area (Å²) in [7, 11) is 2.03. The first-order valence-corrected chi connectivity index (χ1v) is 13.9. The highest BCUT2D eigenvalue weighted by molar-refractivity contribution is 5.96. The molecule has 3 heterocycles. The number of carbonyl (C=O) groups excluding carboxylic acids is 1. The monoisotopic (exact) mass is 538 g/mol. The maximum atomic E-state index is 13.1. The Morgan fingerprint density at radius 2 is 1.88 bits per heavy atom. The Kier molecular flexibility index (Phi) is 8.52. The molecule has 0 aliphatic carbocycles. The lowest BCUT2D eigenvalue weighted by molar-refractivity contribution is -0.121. The zero-order valence-corrected chi connectivity index (χ0v) is 23.2. The lowest BCUT2D eigenvalue weighted by atomic mass is 10.0. The van der Waals surface area contributed by atoms with Gasteiger partial charge in [0.05, 0.1) is 22.8 Å². The van der Waals surface area contributed by atoms with Crippen LogP contribution in [0.15, 0.2) is 66.9 Å². The lowest BCUT2D eigenvalue weighted by Crippen LogP contribution is -2.49. The molecule has 0 spiro atoms. The Morgan fingerprint density at radius 1 is 1.10 bits per heavy atom. The molecule has 1 amide bonds. The number of aryl methyl sites for hydroxylation is 3. The fraction of sp³-hybridized carbons (Fsp3) is 0.355. The zero-order chi connectivity index (χ0) is 28.1. The van der Waals surface area contributed by atoms with Crippen LogP contribution in [-0.2, 0) is 31.2 Å². The van der Waals surface area contributed by atoms with E-state index in [0.717, 1.165) is 79.1 Å². The number of rotatable bonds is 10. The number of anilines is 1. The average Bonchev–Trinajstić information content (AvgIpc) is 3.29. The highest BCUT2D eigenvalue weighted by atomic mass is 16.2. The third kappa shape index (κ3) is 6.55. The van der Waals surface area contributed by atoms with Crippen LogP contribution in [0, 0.1) is 5.41 Å². The largest absolute Gasteiger partial charge is 0.384 e. The van der Waals surface area contributed by atoms with Gasteiger partial charge in [0.2, 0.25) is 5.91 Å². The molecule has 9 heteroatoms. The summed E-state index contributed by atoms with van der Waals surface area (Å²) in [6, 6.07) is 19.9. The van der Waals surface area contributed by atoms with Crippen LogP contribution in [0.3, 0.4) is 0 Å². The second kappa shape index (κ2) is 12.4. The van der Waals surface area contributed by atoms with Gasteiger partial charge in [0.25, 0.3) is 0 Å². The van der Waals surface area contributed by atoms with Gasteiger partial charge in [-0.15, -0.1) is 0 Å². The molecule has 1 unspecified atom stereocenters. The first kappa shape index (κ1) is 27.5. The molecular weight excluding hydrogens is 500 g/mol. The minimum atomic E-state index is -0.207. The number of nitrogen functional groups attached to an aromatic ring is 1. The summed E-state index contributed by atoms with van der Waals surface area (Å²) in [6.45, 7) is 4.52. The van der Waals surface area contributed by atoms with E-state index in [9.17, 15) is 4.79 Å². The lowest BCUT2D eigenvalue weighted by Gasteiger charge is -2.35. The molecule has 0 bridgehead atoms. The number of amides is 1. The molecule has 2 aromatic carbocycles. The van der Waals surface area contributed by atoms with Gasteiger partial charge in [-0.3, -0.25) is 20.1 Å². The fourth-order valence-corrected chi connectivity index (χ4v) is 5.31. The number of carbonyl (C=O) groups is 1. The zero-order valence-electron chi connectivity index (χ0n) is 23.2. The van der Waals surface area contributed by atoms with Crippen molar-refractivity contribution in [3.8, 4) is 0 Å². The molecule has 40 heavy (non-hydrogen) atoms. The van der Waals surface area contributed by atoms with Gasteiger partial charge >= 0.3 is 0 Å². The van der Waals surface area contributed by atoms with Crippen molar-refractivity contribution in [2.75, 3.05) is 18.4 Å². The number of hydrogen-bond donors (Lipinski definition) is 4. The van der Waals surface area contributed by atoms with Crippen molar-refractivity contribution in [1.82, 2.24) is 24.8 Å². The van der Waals surface area contributed by atoms with Crippen LogP contribution in [0.25, 0.3) is 11.0 Å². The van der Waals surface area contributed by atoms with Crippen molar-refractivity contribution in [2.24, 2.45) is 12.8 Å². The maximum absolute atomic E-state index is 13.1. The first-order valence-electron chi connectivity index (χ1n) is 13.9. The van der Waals surface area contributed by atoms with E-state index in [2.05, 4.69) is 25.1 Å². The van der Waals surface area contributed by atoms with E-state index in [0.29, 0.717) is 6.04 Å². The molecule has 9 nitrogen and oxygen atoms in total. The van der Waals surface area contributed by atoms with Crippen molar-refractivity contribution in [1.29, 1.82) is 5.41 Å². The smallest absolute Gasteiger partial charge is 0.241 e. The molecule has 208 valence electrons. The van der Waals surface area contributed by atoms with E-state index in [1.165, 1.54) is 5.56 Å². The van der Waals surface area contributed by atoms with Crippen LogP contribution in [0.4, 0.5) is 5.69 Å². The van der Waals surface area contributed by atoms with Gasteiger partial charge in [-0.2, -0.15) is 0 Å². The standard InChI is InChI=1S/C31H38N8O/c1-21(39-17-14-24(15-18-39)35-20-26-5-3-4-16-34-26)31(40)36-25-11-12-28-27(19-25)37-29(38(28)2)13-8-22-6-9-23(10-7-22)30(32)33/h3-7,9-12,16,19,21,24,35H,8,13-15,17-18,20H2,1-2H3,(H3,32,33)(H,36,40). The van der Waals surface area contributed by atoms with Crippen molar-refractivity contribution < 1.29 is 4.79 Å². The van der Waals surface area contributed by atoms with E-state index in [-0.39, 0.29) is 17.8 Å². The van der Waals surface area contributed by atoms with E-state index >= 15 is 0 Å². The highest BCUT2D eigenvalue weighted by Gasteiger charge is 2.26. The molecule has 1 saturated heterocycles. The molecule has 1 aliphatic rings. The maximum Gasteiger partial charge on any atom is 0.241 e. The van der Waals surface area contributed by atoms with Crippen LogP contribution >= 0.6 is 0 Å². The summed E-state index contributed by atoms with van der Waals surface area (Å²) in [5.41, 5.74) is 11.2. The normalized spacial score (nSPS) is 15.2. The first-order chi connectivity index (χ1) is 19.4. The molecule has 1 atom stereocenters. The highest BCUT2D eigenvalue weighted by Crippen LogP contribution is 2.22. The summed E-state index contributed by atoms with van der Waals surface area (Å²) < 4.78 is 2.11. The van der Waals surface area contributed by atoms with Crippen LogP contribution in [0.2, 0.25) is 0 Å². The number of nitrogens with zero attached hydrogens (tertiary/aromatic N) is 4. The Bertz CT molecular complexity index is 1460. The second-order valence-corrected chi connectivity index (χ2v) is 10.6. The minimum Gasteiger partial charge on any atom is -0.384 e. The summed E-state index contributed by atoms with van der Waals surface area (Å²) in [5.74, 6) is 1.07. The predicted molar refractivity (Wildman–Crippen MR) is 159 cm³/mol. The van der Waals surface area contributed by atoms with Crippen molar-refractivity contribution >= 4 is 28.5 Å². The molecule has 1 aliphatic heterocycles. The minimum absolute atomic E-state index is 0.00408. The molecule has 1 fully saturated rings. The van der Waals surface area contributed by atoms with Gasteiger partial charge in [0.15, 0.2) is 0 Å². The summed E-state index contributed by atoms with van der Waals surface area (Å²) in [5, 5.41) is 14.3. The molecule has 5 N–H and O–H groups in total. The Morgan fingerprint density at radius 3 is 2.58 bits per heavy atom. The number of hydrogen-bond acceptors (Lipinski definition) is 6. The van der Waals surface area contributed by atoms with Gasteiger partial charge < -0.3 is 20.9 Å². The number of benzene rings is 2. The number of nitrogens with two attached hydrogens (primary N) is 1. The van der Waals surface area contributed by atoms with Gasteiger partial charge in [-0.1, -0.05) is 30.3 Å². The topological polar surface area (TPSA) is 125 Å². The summed E-state index contributed by atoms with van der Waals surface area (Å²) in [4.78, 5) is 24.6. The molecule has 5 rings (SSSR count). The van der Waals surface area contributed by atoms with Gasteiger partial charge in [-0.05, 0) is 62.1 Å². The summed E-state index contributed by atoms with van der Waals surface area (Å²) >= 11 is 0. The van der Waals surface area contributed by atoms with Crippen LogP contribution in [0.1, 0.15) is 42.4 Å². The van der Waals surface area contributed by atoms with Crippen LogP contribution < -0.4 is 16.4 Å². The number of piperidine rings is 1. The molecule has 0 saturated carbocycles. The van der Waals surface area contributed by atoms with E-state index in [1.54, 1.807) is 0 Å². The van der Waals surface area contributed by atoms with Crippen molar-refractivity contribution in [2.45, 2.75) is 51.2 Å². The van der Waals surface area contributed by atoms with E-state index in [1.807, 2.05) is 80.8 Å². The number of aromatic nitrogens is 3. The third-order valence-electron chi connectivity index (χ3n) is 7.90. The van der Waals surface area contributed by atoms with E-state index in [4.69, 9.17) is 16.1 Å². The fourth-order valence-electron chi connectivity index (χ4n) is 5.31. The number of pyridine rings is 1. The number of imidazole rings is 1. The van der Waals surface area contributed by atoms with Crippen LogP contribution in [0.5, 0.6) is 0 Å². The molecular formula is C31H38N8O. The Labute approximate surface area is 235 Å². The molecule has 0 radical (unpaired) electrons.